The second kappa shape index (κ2) is 12.9. The minimum absolute atomic E-state index is 0.0891. The molecule has 36 heavy (non-hydrogen) atoms. The van der Waals surface area contributed by atoms with Gasteiger partial charge < -0.3 is 14.9 Å². The third kappa shape index (κ3) is 7.73. The van der Waals surface area contributed by atoms with E-state index < -0.39 is 17.2 Å². The number of rotatable bonds is 13. The quantitative estimate of drug-likeness (QED) is 0.260. The lowest BCUT2D eigenvalue weighted by Crippen LogP contribution is -2.45. The van der Waals surface area contributed by atoms with Gasteiger partial charge >= 0.3 is 0 Å². The van der Waals surface area contributed by atoms with Gasteiger partial charge in [0.25, 0.3) is 0 Å². The number of ether oxygens (including phenoxy) is 1. The van der Waals surface area contributed by atoms with Crippen molar-refractivity contribution in [1.82, 2.24) is 19.8 Å². The molecule has 1 aromatic heterocycles. The fourth-order valence-electron chi connectivity index (χ4n) is 3.85. The van der Waals surface area contributed by atoms with E-state index in [0.29, 0.717) is 6.61 Å². The molecule has 0 aliphatic carbocycles. The third-order valence-corrected chi connectivity index (χ3v) is 5.54. The molecule has 0 fully saturated rings. The monoisotopic (exact) mass is 497 g/mol. The Labute approximate surface area is 210 Å². The molecule has 3 N–H and O–H groups in total. The van der Waals surface area contributed by atoms with Crippen LogP contribution in [0.2, 0.25) is 0 Å². The molecule has 0 saturated carbocycles. The average molecular weight is 498 g/mol. The third-order valence-electron chi connectivity index (χ3n) is 5.54. The molecule has 9 heteroatoms. The van der Waals surface area contributed by atoms with Gasteiger partial charge in [-0.15, -0.1) is 0 Å². The molecule has 0 saturated heterocycles. The SMILES string of the molecule is CC/C=C/c1ccc(OC/C(=C/N(N)CC(O)(Cn2cncn2)c2ccc(F)cc2F)CCC)cc1. The Morgan fingerprint density at radius 2 is 1.97 bits per heavy atom. The van der Waals surface area contributed by atoms with Crippen molar-refractivity contribution in [2.75, 3.05) is 13.2 Å². The van der Waals surface area contributed by atoms with E-state index in [1.807, 2.05) is 31.2 Å². The van der Waals surface area contributed by atoms with E-state index in [4.69, 9.17) is 10.6 Å². The van der Waals surface area contributed by atoms with Crippen LogP contribution in [0.5, 0.6) is 5.75 Å². The summed E-state index contributed by atoms with van der Waals surface area (Å²) >= 11 is 0. The number of hydrazine groups is 1. The molecular weight excluding hydrogens is 464 g/mol. The second-order valence-electron chi connectivity index (χ2n) is 8.63. The highest BCUT2D eigenvalue weighted by Gasteiger charge is 2.35. The van der Waals surface area contributed by atoms with E-state index in [1.54, 1.807) is 6.20 Å². The van der Waals surface area contributed by atoms with Gasteiger partial charge in [0.1, 0.15) is 42.2 Å². The van der Waals surface area contributed by atoms with E-state index >= 15 is 0 Å². The number of nitrogens with two attached hydrogens (primary N) is 1. The summed E-state index contributed by atoms with van der Waals surface area (Å²) in [5.74, 6) is 5.39. The van der Waals surface area contributed by atoms with Crippen LogP contribution in [-0.2, 0) is 12.1 Å². The standard InChI is InChI=1S/C27H33F2N5O2/c1-3-5-7-21-8-11-24(12-9-21)36-16-22(6-4-2)15-33(30)17-27(35,18-34-20-31-19-32-34)25-13-10-23(28)14-26(25)29/h5,7-15,19-20,35H,3-4,6,16-18,30H2,1-2H3/b7-5+,22-15+. The molecule has 0 aliphatic rings. The molecule has 0 amide bonds. The van der Waals surface area contributed by atoms with E-state index in [0.717, 1.165) is 48.3 Å². The van der Waals surface area contributed by atoms with Crippen molar-refractivity contribution >= 4 is 6.08 Å². The number of allylic oxidation sites excluding steroid dienone is 1. The summed E-state index contributed by atoms with van der Waals surface area (Å²) in [5.41, 5.74) is 0.101. The van der Waals surface area contributed by atoms with Gasteiger partial charge in [0.2, 0.25) is 0 Å². The van der Waals surface area contributed by atoms with Crippen LogP contribution in [0.4, 0.5) is 8.78 Å². The number of benzene rings is 2. The lowest BCUT2D eigenvalue weighted by atomic mass is 9.92. The van der Waals surface area contributed by atoms with E-state index in [-0.39, 0.29) is 18.7 Å². The van der Waals surface area contributed by atoms with E-state index in [1.165, 1.54) is 28.4 Å². The topological polar surface area (TPSA) is 89.4 Å². The number of nitrogens with zero attached hydrogens (tertiary/aromatic N) is 4. The molecular formula is C27H33F2N5O2. The molecule has 3 aromatic rings. The van der Waals surface area contributed by atoms with Crippen molar-refractivity contribution in [3.8, 4) is 5.75 Å². The predicted molar refractivity (Wildman–Crippen MR) is 135 cm³/mol. The average Bonchev–Trinajstić information content (AvgIpc) is 3.34. The molecule has 1 unspecified atom stereocenters. The van der Waals surface area contributed by atoms with Crippen LogP contribution in [0.3, 0.4) is 0 Å². The van der Waals surface area contributed by atoms with Crippen molar-refractivity contribution in [3.05, 3.63) is 95.7 Å². The van der Waals surface area contributed by atoms with Crippen molar-refractivity contribution in [1.29, 1.82) is 0 Å². The highest BCUT2D eigenvalue weighted by atomic mass is 19.1. The van der Waals surface area contributed by atoms with Crippen LogP contribution in [0, 0.1) is 11.6 Å². The first-order valence-electron chi connectivity index (χ1n) is 11.9. The second-order valence-corrected chi connectivity index (χ2v) is 8.63. The zero-order valence-corrected chi connectivity index (χ0v) is 20.6. The summed E-state index contributed by atoms with van der Waals surface area (Å²) in [7, 11) is 0. The first-order valence-corrected chi connectivity index (χ1v) is 11.9. The molecule has 1 atom stereocenters. The minimum atomic E-state index is -1.81. The first-order chi connectivity index (χ1) is 17.3. The lowest BCUT2D eigenvalue weighted by molar-refractivity contribution is -0.0118. The van der Waals surface area contributed by atoms with Crippen molar-refractivity contribution in [2.45, 2.75) is 45.3 Å². The molecule has 1 heterocycles. The molecule has 3 rings (SSSR count). The van der Waals surface area contributed by atoms with E-state index in [9.17, 15) is 13.9 Å². The van der Waals surface area contributed by atoms with Crippen LogP contribution in [-0.4, -0.2) is 38.0 Å². The fraction of sp³-hybridized carbons (Fsp3) is 0.333. The Balaban J connectivity index is 1.76. The lowest BCUT2D eigenvalue weighted by Gasteiger charge is -2.32. The van der Waals surface area contributed by atoms with Crippen LogP contribution in [0.15, 0.2) is 73.0 Å². The number of hydrogen-bond acceptors (Lipinski definition) is 6. The number of aliphatic hydroxyl groups is 1. The van der Waals surface area contributed by atoms with Crippen molar-refractivity contribution < 1.29 is 18.6 Å². The van der Waals surface area contributed by atoms with Gasteiger partial charge in [0.05, 0.1) is 13.1 Å². The smallest absolute Gasteiger partial charge is 0.137 e. The maximum absolute atomic E-state index is 14.7. The van der Waals surface area contributed by atoms with Crippen LogP contribution >= 0.6 is 0 Å². The first kappa shape index (κ1) is 27.0. The highest BCUT2D eigenvalue weighted by Crippen LogP contribution is 2.27. The predicted octanol–water partition coefficient (Wildman–Crippen LogP) is 4.81. The zero-order chi connectivity index (χ0) is 26.0. The van der Waals surface area contributed by atoms with Crippen molar-refractivity contribution in [3.63, 3.8) is 0 Å². The molecule has 7 nitrogen and oxygen atoms in total. The number of halogens is 2. The Hall–Kier alpha value is -3.56. The molecule has 0 aliphatic heterocycles. The number of hydrogen-bond donors (Lipinski definition) is 2. The maximum Gasteiger partial charge on any atom is 0.137 e. The van der Waals surface area contributed by atoms with Crippen LogP contribution in [0.1, 0.15) is 44.2 Å². The molecule has 0 bridgehead atoms. The van der Waals surface area contributed by atoms with Gasteiger partial charge in [-0.2, -0.15) is 5.10 Å². The maximum atomic E-state index is 14.7. The van der Waals surface area contributed by atoms with Gasteiger partial charge in [0.15, 0.2) is 0 Å². The number of aromatic nitrogens is 3. The molecule has 0 spiro atoms. The fourth-order valence-corrected chi connectivity index (χ4v) is 3.85. The summed E-state index contributed by atoms with van der Waals surface area (Å²) in [6, 6.07) is 10.8. The minimum Gasteiger partial charge on any atom is -0.489 e. The van der Waals surface area contributed by atoms with Gasteiger partial charge in [-0.1, -0.05) is 50.6 Å². The van der Waals surface area contributed by atoms with E-state index in [2.05, 4.69) is 29.2 Å². The summed E-state index contributed by atoms with van der Waals surface area (Å²) in [6.07, 6.45) is 11.1. The molecule has 2 aromatic carbocycles. The van der Waals surface area contributed by atoms with Gasteiger partial charge in [-0.25, -0.2) is 24.3 Å². The molecule has 0 radical (unpaired) electrons. The Morgan fingerprint density at radius 3 is 2.61 bits per heavy atom. The molecule has 192 valence electrons. The summed E-state index contributed by atoms with van der Waals surface area (Å²) in [5, 5.41) is 16.8. The largest absolute Gasteiger partial charge is 0.489 e. The summed E-state index contributed by atoms with van der Waals surface area (Å²) in [4.78, 5) is 3.87. The van der Waals surface area contributed by atoms with Gasteiger partial charge in [-0.3, -0.25) is 0 Å². The van der Waals surface area contributed by atoms with Gasteiger partial charge in [0, 0.05) is 17.8 Å². The van der Waals surface area contributed by atoms with Crippen LogP contribution < -0.4 is 10.6 Å². The highest BCUT2D eigenvalue weighted by molar-refractivity contribution is 5.50. The Morgan fingerprint density at radius 1 is 1.19 bits per heavy atom. The zero-order valence-electron chi connectivity index (χ0n) is 20.6. The Bertz CT molecular complexity index is 1150. The normalized spacial score (nSPS) is 13.7. The van der Waals surface area contributed by atoms with Crippen LogP contribution in [0.25, 0.3) is 6.08 Å². The Kier molecular flexibility index (Phi) is 9.72. The van der Waals surface area contributed by atoms with Gasteiger partial charge in [-0.05, 0) is 42.2 Å². The van der Waals surface area contributed by atoms with Crippen molar-refractivity contribution in [2.24, 2.45) is 5.84 Å². The summed E-state index contributed by atoms with van der Waals surface area (Å²) in [6.45, 7) is 4.12. The summed E-state index contributed by atoms with van der Waals surface area (Å²) < 4.78 is 35.5.